The molecule has 4 aromatic rings. The van der Waals surface area contributed by atoms with Gasteiger partial charge in [0.15, 0.2) is 0 Å². The van der Waals surface area contributed by atoms with E-state index in [9.17, 15) is 0 Å². The first-order chi connectivity index (χ1) is 14.1. The predicted molar refractivity (Wildman–Crippen MR) is 124 cm³/mol. The van der Waals surface area contributed by atoms with Crippen LogP contribution in [0, 0.1) is 6.92 Å². The Morgan fingerprint density at radius 1 is 0.690 bits per heavy atom. The van der Waals surface area contributed by atoms with Crippen molar-refractivity contribution in [2.45, 2.75) is 24.5 Å². The van der Waals surface area contributed by atoms with E-state index >= 15 is 0 Å². The van der Waals surface area contributed by atoms with Crippen molar-refractivity contribution in [2.75, 3.05) is 0 Å². The van der Waals surface area contributed by atoms with Crippen LogP contribution in [0.4, 0.5) is 0 Å². The fraction of sp³-hybridized carbons (Fsp3) is 0.143. The number of benzene rings is 4. The first kappa shape index (κ1) is 18.4. The van der Waals surface area contributed by atoms with Gasteiger partial charge in [-0.15, -0.1) is 0 Å². The monoisotopic (exact) mass is 386 g/mol. The van der Waals surface area contributed by atoms with E-state index in [2.05, 4.69) is 121 Å². The summed E-state index contributed by atoms with van der Waals surface area (Å²) >= 11 is 2.85. The summed E-state index contributed by atoms with van der Waals surface area (Å²) in [5.74, 6) is 0. The fourth-order valence-corrected chi connectivity index (χ4v) is 4.99. The Balaban J connectivity index is 1.76. The summed E-state index contributed by atoms with van der Waals surface area (Å²) in [7, 11) is 0. The van der Waals surface area contributed by atoms with Crippen LogP contribution in [0.2, 0.25) is 0 Å². The summed E-state index contributed by atoms with van der Waals surface area (Å²) in [5.41, 5.74) is 11.9. The molecule has 0 bridgehead atoms. The molecule has 1 aliphatic rings. The van der Waals surface area contributed by atoms with Crippen LogP contribution in [0.3, 0.4) is 0 Å². The molecule has 1 atom stereocenters. The van der Waals surface area contributed by atoms with Gasteiger partial charge in [0.2, 0.25) is 0 Å². The van der Waals surface area contributed by atoms with Crippen LogP contribution >= 0.6 is 0 Å². The zero-order valence-electron chi connectivity index (χ0n) is 16.9. The SMILES string of the molecule is Cc1ccc(-c2ccc3c(c2)C(C)(c2cccc([CH2][Al-])c2)c2ccccc2-3)cc1. The quantitative estimate of drug-likeness (QED) is 0.345. The zero-order valence-corrected chi connectivity index (χ0v) is 18.1. The molecule has 5 rings (SSSR count). The summed E-state index contributed by atoms with van der Waals surface area (Å²) in [6.45, 7) is 4.53. The topological polar surface area (TPSA) is 0 Å². The minimum Gasteiger partial charge on any atom is -0.572 e. The summed E-state index contributed by atoms with van der Waals surface area (Å²) in [5, 5.41) is 0.974. The second kappa shape index (κ2) is 7.03. The molecule has 0 aliphatic heterocycles. The number of hydrogen-bond acceptors (Lipinski definition) is 0. The van der Waals surface area contributed by atoms with Gasteiger partial charge in [0.25, 0.3) is 0 Å². The maximum Gasteiger partial charge on any atom is 0.0435 e. The van der Waals surface area contributed by atoms with Gasteiger partial charge in [-0.05, 0) is 58.9 Å². The Kier molecular flexibility index (Phi) is 4.47. The highest BCUT2D eigenvalue weighted by Crippen LogP contribution is 2.53. The molecule has 3 radical (unpaired) electrons. The largest absolute Gasteiger partial charge is 0.572 e. The van der Waals surface area contributed by atoms with Crippen LogP contribution in [0.15, 0.2) is 91.0 Å². The van der Waals surface area contributed by atoms with Crippen LogP contribution < -0.4 is 0 Å². The van der Waals surface area contributed by atoms with Crippen LogP contribution in [0.5, 0.6) is 0 Å². The van der Waals surface area contributed by atoms with Gasteiger partial charge < -0.3 is 16.3 Å². The third kappa shape index (κ3) is 2.89. The summed E-state index contributed by atoms with van der Waals surface area (Å²) in [6.07, 6.45) is 0. The van der Waals surface area contributed by atoms with E-state index < -0.39 is 0 Å². The average molecular weight is 386 g/mol. The molecule has 0 spiro atoms. The number of hydrogen-bond donors (Lipinski definition) is 0. The molecule has 0 amide bonds. The molecule has 139 valence electrons. The van der Waals surface area contributed by atoms with Gasteiger partial charge in [-0.2, -0.15) is 0 Å². The lowest BCUT2D eigenvalue weighted by Crippen LogP contribution is -2.22. The molecule has 0 nitrogen and oxygen atoms in total. The zero-order chi connectivity index (χ0) is 20.0. The van der Waals surface area contributed by atoms with Crippen molar-refractivity contribution < 1.29 is 0 Å². The Morgan fingerprint density at radius 3 is 2.21 bits per heavy atom. The molecule has 0 fully saturated rings. The van der Waals surface area contributed by atoms with E-state index in [1.54, 1.807) is 0 Å². The molecule has 4 aromatic carbocycles. The number of rotatable bonds is 3. The Morgan fingerprint density at radius 2 is 1.41 bits per heavy atom. The van der Waals surface area contributed by atoms with E-state index in [1.165, 1.54) is 50.1 Å². The van der Waals surface area contributed by atoms with E-state index in [4.69, 9.17) is 0 Å². The standard InChI is InChI=1S/C28H23.Al/c1-19-11-13-21(14-12-19)22-15-16-25-24-9-4-5-10-26(24)28(3,27(25)18-22)23-8-6-7-20(2)17-23;/h4-18H,2H2,1,3H3;/q;-1. The van der Waals surface area contributed by atoms with Crippen molar-refractivity contribution >= 4 is 16.3 Å². The van der Waals surface area contributed by atoms with E-state index in [0.29, 0.717) is 0 Å². The van der Waals surface area contributed by atoms with Crippen LogP contribution in [0.25, 0.3) is 22.3 Å². The number of fused-ring (bicyclic) bond motifs is 3. The summed E-state index contributed by atoms with van der Waals surface area (Å²) in [6, 6.07) is 33.8. The maximum atomic E-state index is 2.85. The predicted octanol–water partition coefficient (Wildman–Crippen LogP) is 6.67. The van der Waals surface area contributed by atoms with Crippen molar-refractivity contribution in [3.63, 3.8) is 0 Å². The van der Waals surface area contributed by atoms with Crippen molar-refractivity contribution in [1.82, 2.24) is 0 Å². The normalized spacial score (nSPS) is 17.1. The molecule has 0 N–H and O–H groups in total. The molecule has 1 aliphatic carbocycles. The molecular formula is C28H23Al-. The molecule has 1 heteroatoms. The Hall–Kier alpha value is -2.59. The van der Waals surface area contributed by atoms with Gasteiger partial charge in [0.05, 0.1) is 0 Å². The third-order valence-electron chi connectivity index (χ3n) is 6.44. The van der Waals surface area contributed by atoms with Gasteiger partial charge in [-0.25, -0.2) is 0 Å². The summed E-state index contributed by atoms with van der Waals surface area (Å²) < 4.78 is 0. The first-order valence-electron chi connectivity index (χ1n) is 10.2. The van der Waals surface area contributed by atoms with Crippen LogP contribution in [-0.4, -0.2) is 16.3 Å². The van der Waals surface area contributed by atoms with Crippen molar-refractivity contribution in [2.24, 2.45) is 0 Å². The average Bonchev–Trinajstić information content (AvgIpc) is 3.04. The minimum absolute atomic E-state index is 0.150. The highest BCUT2D eigenvalue weighted by molar-refractivity contribution is 6.08. The highest BCUT2D eigenvalue weighted by atomic mass is 27.0. The lowest BCUT2D eigenvalue weighted by atomic mass is 9.73. The van der Waals surface area contributed by atoms with Crippen molar-refractivity contribution in [3.05, 3.63) is 119 Å². The Labute approximate surface area is 181 Å². The molecule has 0 aromatic heterocycles. The second-order valence-electron chi connectivity index (χ2n) is 8.20. The van der Waals surface area contributed by atoms with Crippen LogP contribution in [-0.2, 0) is 10.7 Å². The number of aryl methyl sites for hydroxylation is 1. The van der Waals surface area contributed by atoms with Crippen molar-refractivity contribution in [3.8, 4) is 22.3 Å². The molecule has 29 heavy (non-hydrogen) atoms. The smallest absolute Gasteiger partial charge is 0.0435 e. The first-order valence-corrected chi connectivity index (χ1v) is 11.0. The van der Waals surface area contributed by atoms with Gasteiger partial charge in [0, 0.05) is 5.41 Å². The van der Waals surface area contributed by atoms with E-state index in [1.807, 2.05) is 0 Å². The minimum atomic E-state index is -0.150. The lowest BCUT2D eigenvalue weighted by molar-refractivity contribution is 0.713. The maximum absolute atomic E-state index is 2.85. The van der Waals surface area contributed by atoms with E-state index in [0.717, 1.165) is 5.28 Å². The highest BCUT2D eigenvalue weighted by Gasteiger charge is 2.40. The third-order valence-corrected chi connectivity index (χ3v) is 6.91. The second-order valence-corrected chi connectivity index (χ2v) is 8.61. The van der Waals surface area contributed by atoms with Crippen LogP contribution in [0.1, 0.15) is 34.7 Å². The molecule has 0 saturated carbocycles. The fourth-order valence-electron chi connectivity index (χ4n) is 4.74. The van der Waals surface area contributed by atoms with E-state index in [-0.39, 0.29) is 5.41 Å². The van der Waals surface area contributed by atoms with Gasteiger partial charge in [-0.3, -0.25) is 5.28 Å². The van der Waals surface area contributed by atoms with Crippen molar-refractivity contribution in [1.29, 1.82) is 0 Å². The molecular weight excluding hydrogens is 363 g/mol. The van der Waals surface area contributed by atoms with Gasteiger partial charge in [0.1, 0.15) is 0 Å². The summed E-state index contributed by atoms with van der Waals surface area (Å²) in [4.78, 5) is 0. The van der Waals surface area contributed by atoms with Gasteiger partial charge >= 0.3 is 0 Å². The van der Waals surface area contributed by atoms with Gasteiger partial charge in [-0.1, -0.05) is 96.1 Å². The molecule has 0 saturated heterocycles. The lowest BCUT2D eigenvalue weighted by Gasteiger charge is -2.29. The molecule has 1 unspecified atom stereocenters. The molecule has 0 heterocycles. The Bertz CT molecular complexity index is 1200.